The normalized spacial score (nSPS) is 12.6. The summed E-state index contributed by atoms with van der Waals surface area (Å²) in [7, 11) is 2.13. The lowest BCUT2D eigenvalue weighted by Gasteiger charge is -2.25. The van der Waals surface area contributed by atoms with Crippen molar-refractivity contribution in [2.75, 3.05) is 25.0 Å². The van der Waals surface area contributed by atoms with E-state index in [-0.39, 0.29) is 0 Å². The number of anilines is 1. The van der Waals surface area contributed by atoms with Gasteiger partial charge in [0.15, 0.2) is 0 Å². The average Bonchev–Trinajstić information content (AvgIpc) is 2.21. The molecule has 1 rings (SSSR count). The van der Waals surface area contributed by atoms with Crippen molar-refractivity contribution >= 4 is 5.69 Å². The van der Waals surface area contributed by atoms with Crippen LogP contribution in [-0.4, -0.2) is 20.1 Å². The third-order valence-electron chi connectivity index (χ3n) is 2.98. The number of rotatable bonds is 4. The molecule has 2 nitrogen and oxygen atoms in total. The van der Waals surface area contributed by atoms with E-state index in [1.807, 2.05) is 0 Å². The molecular formula is C13H22N2. The van der Waals surface area contributed by atoms with E-state index in [1.165, 1.54) is 16.8 Å². The molecule has 0 aliphatic rings. The van der Waals surface area contributed by atoms with E-state index in [0.29, 0.717) is 5.92 Å². The Morgan fingerprint density at radius 2 is 2.00 bits per heavy atom. The van der Waals surface area contributed by atoms with Gasteiger partial charge in [-0.3, -0.25) is 0 Å². The van der Waals surface area contributed by atoms with Crippen LogP contribution in [0.15, 0.2) is 18.2 Å². The van der Waals surface area contributed by atoms with Gasteiger partial charge in [0.1, 0.15) is 0 Å². The van der Waals surface area contributed by atoms with Gasteiger partial charge in [-0.1, -0.05) is 19.1 Å². The molecule has 0 aliphatic heterocycles. The molecule has 0 aromatic heterocycles. The van der Waals surface area contributed by atoms with Crippen molar-refractivity contribution in [3.05, 3.63) is 29.3 Å². The van der Waals surface area contributed by atoms with Crippen LogP contribution in [0.5, 0.6) is 0 Å². The number of hydrogen-bond acceptors (Lipinski definition) is 2. The summed E-state index contributed by atoms with van der Waals surface area (Å²) in [5.41, 5.74) is 9.67. The zero-order valence-corrected chi connectivity index (χ0v) is 10.2. The lowest BCUT2D eigenvalue weighted by Crippen LogP contribution is -2.28. The molecule has 0 radical (unpaired) electrons. The average molecular weight is 206 g/mol. The maximum absolute atomic E-state index is 5.64. The van der Waals surface area contributed by atoms with Gasteiger partial charge >= 0.3 is 0 Å². The van der Waals surface area contributed by atoms with Gasteiger partial charge in [-0.15, -0.1) is 0 Å². The van der Waals surface area contributed by atoms with Crippen LogP contribution in [0.4, 0.5) is 5.69 Å². The zero-order chi connectivity index (χ0) is 11.4. The highest BCUT2D eigenvalue weighted by Crippen LogP contribution is 2.22. The zero-order valence-electron chi connectivity index (χ0n) is 10.2. The molecule has 84 valence electrons. The Balaban J connectivity index is 2.82. The Bertz CT molecular complexity index is 320. The topological polar surface area (TPSA) is 29.3 Å². The van der Waals surface area contributed by atoms with Gasteiger partial charge in [0.2, 0.25) is 0 Å². The molecule has 0 aliphatic carbocycles. The van der Waals surface area contributed by atoms with Gasteiger partial charge in [0.25, 0.3) is 0 Å². The Hall–Kier alpha value is -1.02. The van der Waals surface area contributed by atoms with Gasteiger partial charge in [-0.2, -0.15) is 0 Å². The summed E-state index contributed by atoms with van der Waals surface area (Å²) in [6.07, 6.45) is 0. The fourth-order valence-electron chi connectivity index (χ4n) is 1.79. The summed E-state index contributed by atoms with van der Waals surface area (Å²) in [6, 6.07) is 6.44. The Labute approximate surface area is 93.1 Å². The van der Waals surface area contributed by atoms with E-state index in [0.717, 1.165) is 13.1 Å². The first-order valence-corrected chi connectivity index (χ1v) is 5.53. The van der Waals surface area contributed by atoms with Crippen LogP contribution in [0, 0.1) is 19.8 Å². The first-order valence-electron chi connectivity index (χ1n) is 5.53. The third kappa shape index (κ3) is 2.96. The third-order valence-corrected chi connectivity index (χ3v) is 2.98. The molecule has 0 spiro atoms. The summed E-state index contributed by atoms with van der Waals surface area (Å²) in [5.74, 6) is 0.537. The van der Waals surface area contributed by atoms with E-state index < -0.39 is 0 Å². The summed E-state index contributed by atoms with van der Waals surface area (Å²) >= 11 is 0. The molecule has 0 heterocycles. The van der Waals surface area contributed by atoms with E-state index in [9.17, 15) is 0 Å². The second-order valence-electron chi connectivity index (χ2n) is 4.44. The summed E-state index contributed by atoms with van der Waals surface area (Å²) in [4.78, 5) is 2.29. The first-order chi connectivity index (χ1) is 7.06. The smallest absolute Gasteiger partial charge is 0.0396 e. The van der Waals surface area contributed by atoms with Crippen molar-refractivity contribution in [3.63, 3.8) is 0 Å². The van der Waals surface area contributed by atoms with Crippen molar-refractivity contribution in [1.29, 1.82) is 0 Å². The minimum absolute atomic E-state index is 0.537. The second kappa shape index (κ2) is 5.17. The minimum Gasteiger partial charge on any atom is -0.374 e. The van der Waals surface area contributed by atoms with Crippen molar-refractivity contribution < 1.29 is 0 Å². The van der Waals surface area contributed by atoms with Gasteiger partial charge < -0.3 is 10.6 Å². The van der Waals surface area contributed by atoms with Crippen LogP contribution in [0.25, 0.3) is 0 Å². The predicted molar refractivity (Wildman–Crippen MR) is 67.4 cm³/mol. The molecular weight excluding hydrogens is 184 g/mol. The van der Waals surface area contributed by atoms with Crippen LogP contribution in [0.3, 0.4) is 0 Å². The van der Waals surface area contributed by atoms with Gasteiger partial charge in [0, 0.05) is 19.3 Å². The summed E-state index contributed by atoms with van der Waals surface area (Å²) < 4.78 is 0. The van der Waals surface area contributed by atoms with Gasteiger partial charge in [0.05, 0.1) is 0 Å². The van der Waals surface area contributed by atoms with Crippen LogP contribution < -0.4 is 10.6 Å². The maximum atomic E-state index is 5.64. The number of nitrogens with two attached hydrogens (primary N) is 1. The lowest BCUT2D eigenvalue weighted by molar-refractivity contribution is 0.589. The van der Waals surface area contributed by atoms with Crippen LogP contribution >= 0.6 is 0 Å². The summed E-state index contributed by atoms with van der Waals surface area (Å²) in [5, 5.41) is 0. The quantitative estimate of drug-likeness (QED) is 0.819. The van der Waals surface area contributed by atoms with Crippen LogP contribution in [-0.2, 0) is 0 Å². The molecule has 0 amide bonds. The largest absolute Gasteiger partial charge is 0.374 e. The number of benzene rings is 1. The molecule has 0 fully saturated rings. The molecule has 2 heteroatoms. The highest BCUT2D eigenvalue weighted by molar-refractivity contribution is 5.55. The molecule has 2 N–H and O–H groups in total. The predicted octanol–water partition coefficient (Wildman–Crippen LogP) is 2.33. The van der Waals surface area contributed by atoms with E-state index >= 15 is 0 Å². The maximum Gasteiger partial charge on any atom is 0.0396 e. The van der Waals surface area contributed by atoms with Crippen molar-refractivity contribution in [3.8, 4) is 0 Å². The SMILES string of the molecule is Cc1cccc(N(C)CC(C)CN)c1C. The van der Waals surface area contributed by atoms with E-state index in [1.54, 1.807) is 0 Å². The first kappa shape index (κ1) is 12.1. The Morgan fingerprint density at radius 3 is 2.60 bits per heavy atom. The molecule has 0 saturated heterocycles. The molecule has 1 aromatic rings. The Kier molecular flexibility index (Phi) is 4.15. The highest BCUT2D eigenvalue weighted by atomic mass is 15.1. The highest BCUT2D eigenvalue weighted by Gasteiger charge is 2.08. The van der Waals surface area contributed by atoms with E-state index in [2.05, 4.69) is 50.9 Å². The monoisotopic (exact) mass is 206 g/mol. The Morgan fingerprint density at radius 1 is 1.33 bits per heavy atom. The van der Waals surface area contributed by atoms with Crippen LogP contribution in [0.2, 0.25) is 0 Å². The van der Waals surface area contributed by atoms with Crippen molar-refractivity contribution in [2.45, 2.75) is 20.8 Å². The van der Waals surface area contributed by atoms with Crippen LogP contribution in [0.1, 0.15) is 18.1 Å². The van der Waals surface area contributed by atoms with Gasteiger partial charge in [-0.25, -0.2) is 0 Å². The second-order valence-corrected chi connectivity index (χ2v) is 4.44. The summed E-state index contributed by atoms with van der Waals surface area (Å²) in [6.45, 7) is 8.27. The standard InChI is InChI=1S/C13H22N2/c1-10(8-14)9-15(4)13-7-5-6-11(2)12(13)3/h5-7,10H,8-9,14H2,1-4H3. The minimum atomic E-state index is 0.537. The van der Waals surface area contributed by atoms with Crippen molar-refractivity contribution in [2.24, 2.45) is 11.7 Å². The fourth-order valence-corrected chi connectivity index (χ4v) is 1.79. The molecule has 0 saturated carbocycles. The fraction of sp³-hybridized carbons (Fsp3) is 0.538. The molecule has 0 bridgehead atoms. The molecule has 1 unspecified atom stereocenters. The van der Waals surface area contributed by atoms with E-state index in [4.69, 9.17) is 5.73 Å². The molecule has 15 heavy (non-hydrogen) atoms. The van der Waals surface area contributed by atoms with Gasteiger partial charge in [-0.05, 0) is 43.5 Å². The molecule has 1 atom stereocenters. The number of nitrogens with zero attached hydrogens (tertiary/aromatic N) is 1. The number of hydrogen-bond donors (Lipinski definition) is 1. The molecule has 1 aromatic carbocycles. The lowest BCUT2D eigenvalue weighted by atomic mass is 10.1. The number of aryl methyl sites for hydroxylation is 1. The van der Waals surface area contributed by atoms with Crippen molar-refractivity contribution in [1.82, 2.24) is 0 Å².